The molecule has 1 aliphatic heterocycles. The van der Waals surface area contributed by atoms with Crippen molar-refractivity contribution in [1.29, 1.82) is 0 Å². The van der Waals surface area contributed by atoms with Gasteiger partial charge in [0.2, 0.25) is 0 Å². The maximum atomic E-state index is 12.5. The first-order valence-corrected chi connectivity index (χ1v) is 10.1. The molecule has 0 saturated carbocycles. The molecular formula is C17H13N3O7S2. The summed E-state index contributed by atoms with van der Waals surface area (Å²) in [6, 6.07) is 8.65. The van der Waals surface area contributed by atoms with Crippen LogP contribution in [0.5, 0.6) is 11.5 Å². The normalized spacial score (nSPS) is 15.3. The summed E-state index contributed by atoms with van der Waals surface area (Å²) in [4.78, 5) is 25.4. The van der Waals surface area contributed by atoms with Crippen molar-refractivity contribution in [3.05, 3.63) is 63.0 Å². The Hall–Kier alpha value is -3.38. The van der Waals surface area contributed by atoms with Crippen molar-refractivity contribution in [3.8, 4) is 11.5 Å². The van der Waals surface area contributed by atoms with Crippen molar-refractivity contribution in [2.24, 2.45) is 10.7 Å². The Kier molecular flexibility index (Phi) is 5.57. The fourth-order valence-corrected chi connectivity index (χ4v) is 3.94. The van der Waals surface area contributed by atoms with Gasteiger partial charge < -0.3 is 14.7 Å². The Labute approximate surface area is 169 Å². The van der Waals surface area contributed by atoms with E-state index in [4.69, 9.17) is 14.7 Å². The van der Waals surface area contributed by atoms with E-state index in [0.717, 1.165) is 36.0 Å². The van der Waals surface area contributed by atoms with E-state index in [9.17, 15) is 23.3 Å². The van der Waals surface area contributed by atoms with E-state index in [0.29, 0.717) is 10.5 Å². The smallest absolute Gasteiger partial charge is 0.339 e. The fraction of sp³-hybridized carbons (Fsp3) is 0.0588. The second-order valence-corrected chi connectivity index (χ2v) is 8.17. The number of nitrogens with two attached hydrogens (primary N) is 1. The molecule has 1 amide bonds. The van der Waals surface area contributed by atoms with Gasteiger partial charge in [-0.1, -0.05) is 6.07 Å². The van der Waals surface area contributed by atoms with E-state index in [2.05, 4.69) is 4.99 Å². The summed E-state index contributed by atoms with van der Waals surface area (Å²) in [7, 11) is -2.92. The number of benzene rings is 2. The molecule has 29 heavy (non-hydrogen) atoms. The van der Waals surface area contributed by atoms with Gasteiger partial charge in [0.1, 0.15) is 4.90 Å². The zero-order valence-corrected chi connectivity index (χ0v) is 16.4. The molecule has 0 fully saturated rings. The van der Waals surface area contributed by atoms with Crippen LogP contribution < -0.4 is 14.7 Å². The Morgan fingerprint density at radius 2 is 1.86 bits per heavy atom. The van der Waals surface area contributed by atoms with Gasteiger partial charge in [-0.05, 0) is 47.7 Å². The van der Waals surface area contributed by atoms with Crippen LogP contribution in [0.2, 0.25) is 0 Å². The number of carbonyl (C=O) groups excluding carboxylic acids is 1. The highest BCUT2D eigenvalue weighted by atomic mass is 32.2. The topological polar surface area (TPSA) is 151 Å². The predicted molar refractivity (Wildman–Crippen MR) is 106 cm³/mol. The lowest BCUT2D eigenvalue weighted by Gasteiger charge is -2.11. The molecule has 0 radical (unpaired) electrons. The number of amidine groups is 1. The highest BCUT2D eigenvalue weighted by Crippen LogP contribution is 2.33. The van der Waals surface area contributed by atoms with Gasteiger partial charge in [-0.3, -0.25) is 14.9 Å². The van der Waals surface area contributed by atoms with Crippen LogP contribution in [0.4, 0.5) is 5.69 Å². The SMILES string of the molecule is COc1cc(C=C2SC(N)=NC2=O)ccc1OS(=O)(=O)c1ccc([N+](=O)[O-])cc1. The standard InChI is InChI=1S/C17H13N3O7S2/c1-26-14-8-10(9-15-16(21)19-17(18)28-15)2-7-13(14)27-29(24,25)12-5-3-11(4-6-12)20(22)23/h2-9H,1H3,(H2,18,19,21). The van der Waals surface area contributed by atoms with Crippen LogP contribution in [0.3, 0.4) is 0 Å². The zero-order valence-electron chi connectivity index (χ0n) is 14.8. The second-order valence-electron chi connectivity index (χ2n) is 5.56. The number of methoxy groups -OCH3 is 1. The largest absolute Gasteiger partial charge is 0.493 e. The number of amides is 1. The second kappa shape index (κ2) is 7.93. The lowest BCUT2D eigenvalue weighted by atomic mass is 10.2. The van der Waals surface area contributed by atoms with E-state index in [-0.39, 0.29) is 27.2 Å². The molecule has 1 aliphatic rings. The molecule has 0 saturated heterocycles. The summed E-state index contributed by atoms with van der Waals surface area (Å²) in [5.41, 5.74) is 5.80. The molecule has 150 valence electrons. The van der Waals surface area contributed by atoms with Crippen LogP contribution >= 0.6 is 11.8 Å². The number of hydrogen-bond donors (Lipinski definition) is 1. The predicted octanol–water partition coefficient (Wildman–Crippen LogP) is 2.30. The molecule has 0 aromatic heterocycles. The van der Waals surface area contributed by atoms with Gasteiger partial charge in [-0.25, -0.2) is 0 Å². The molecule has 0 bridgehead atoms. The number of rotatable bonds is 6. The third-order valence-electron chi connectivity index (χ3n) is 3.66. The highest BCUT2D eigenvalue weighted by molar-refractivity contribution is 8.18. The Morgan fingerprint density at radius 1 is 1.17 bits per heavy atom. The minimum Gasteiger partial charge on any atom is -0.493 e. The molecule has 10 nitrogen and oxygen atoms in total. The summed E-state index contributed by atoms with van der Waals surface area (Å²) in [6.07, 6.45) is 1.54. The van der Waals surface area contributed by atoms with Gasteiger partial charge in [0, 0.05) is 12.1 Å². The molecule has 2 N–H and O–H groups in total. The van der Waals surface area contributed by atoms with Crippen molar-refractivity contribution < 1.29 is 27.1 Å². The molecule has 2 aromatic rings. The number of non-ortho nitro benzene ring substituents is 1. The zero-order chi connectivity index (χ0) is 21.2. The van der Waals surface area contributed by atoms with Crippen LogP contribution in [-0.2, 0) is 14.9 Å². The molecule has 0 spiro atoms. The average Bonchev–Trinajstić information content (AvgIpc) is 2.99. The van der Waals surface area contributed by atoms with Crippen molar-refractivity contribution in [2.75, 3.05) is 7.11 Å². The lowest BCUT2D eigenvalue weighted by molar-refractivity contribution is -0.384. The maximum Gasteiger partial charge on any atom is 0.339 e. The molecule has 3 rings (SSSR count). The van der Waals surface area contributed by atoms with E-state index in [1.807, 2.05) is 0 Å². The van der Waals surface area contributed by atoms with Gasteiger partial charge in [-0.2, -0.15) is 13.4 Å². The Morgan fingerprint density at radius 3 is 2.41 bits per heavy atom. The molecular weight excluding hydrogens is 422 g/mol. The van der Waals surface area contributed by atoms with E-state index in [1.165, 1.54) is 31.4 Å². The first kappa shape index (κ1) is 20.4. The minimum absolute atomic E-state index is 0.0887. The van der Waals surface area contributed by atoms with Gasteiger partial charge in [-0.15, -0.1) is 0 Å². The van der Waals surface area contributed by atoms with Gasteiger partial charge in [0.25, 0.3) is 11.6 Å². The Balaban J connectivity index is 1.86. The third-order valence-corrected chi connectivity index (χ3v) is 5.72. The molecule has 1 heterocycles. The average molecular weight is 435 g/mol. The van der Waals surface area contributed by atoms with E-state index < -0.39 is 20.9 Å². The quantitative estimate of drug-likeness (QED) is 0.312. The number of nitro benzene ring substituents is 1. The number of aliphatic imine (C=N–C) groups is 1. The molecule has 12 heteroatoms. The number of nitrogens with zero attached hydrogens (tertiary/aromatic N) is 2. The van der Waals surface area contributed by atoms with Crippen LogP contribution in [0.25, 0.3) is 6.08 Å². The molecule has 0 unspecified atom stereocenters. The Bertz CT molecular complexity index is 1160. The van der Waals surface area contributed by atoms with Crippen molar-refractivity contribution in [3.63, 3.8) is 0 Å². The van der Waals surface area contributed by atoms with Crippen LogP contribution in [0, 0.1) is 10.1 Å². The first-order chi connectivity index (χ1) is 13.7. The number of ether oxygens (including phenoxy) is 1. The number of hydrogen-bond acceptors (Lipinski definition) is 9. The van der Waals surface area contributed by atoms with Crippen molar-refractivity contribution in [1.82, 2.24) is 0 Å². The van der Waals surface area contributed by atoms with Crippen LogP contribution in [0.1, 0.15) is 5.56 Å². The molecule has 0 atom stereocenters. The number of thioether (sulfide) groups is 1. The van der Waals surface area contributed by atoms with Crippen LogP contribution in [0.15, 0.2) is 57.3 Å². The summed E-state index contributed by atoms with van der Waals surface area (Å²) < 4.78 is 35.2. The minimum atomic E-state index is -4.25. The highest BCUT2D eigenvalue weighted by Gasteiger charge is 2.22. The van der Waals surface area contributed by atoms with E-state index >= 15 is 0 Å². The molecule has 2 aromatic carbocycles. The number of carbonyl (C=O) groups is 1. The van der Waals surface area contributed by atoms with Gasteiger partial charge >= 0.3 is 10.1 Å². The maximum absolute atomic E-state index is 12.5. The van der Waals surface area contributed by atoms with Crippen LogP contribution in [-0.4, -0.2) is 31.5 Å². The monoisotopic (exact) mass is 435 g/mol. The molecule has 0 aliphatic carbocycles. The van der Waals surface area contributed by atoms with E-state index in [1.54, 1.807) is 0 Å². The number of nitro groups is 1. The summed E-state index contributed by atoms with van der Waals surface area (Å²) in [5, 5.41) is 10.8. The van der Waals surface area contributed by atoms with Gasteiger partial charge in [0.05, 0.1) is 16.9 Å². The first-order valence-electron chi connectivity index (χ1n) is 7.84. The fourth-order valence-electron chi connectivity index (χ4n) is 2.32. The lowest BCUT2D eigenvalue weighted by Crippen LogP contribution is -2.10. The van der Waals surface area contributed by atoms with Crippen molar-refractivity contribution in [2.45, 2.75) is 4.90 Å². The van der Waals surface area contributed by atoms with Gasteiger partial charge in [0.15, 0.2) is 16.7 Å². The third kappa shape index (κ3) is 4.55. The summed E-state index contributed by atoms with van der Waals surface area (Å²) >= 11 is 1.02. The summed E-state index contributed by atoms with van der Waals surface area (Å²) in [5.74, 6) is -0.448. The van der Waals surface area contributed by atoms with Crippen molar-refractivity contribution >= 4 is 44.7 Å². The summed E-state index contributed by atoms with van der Waals surface area (Å²) in [6.45, 7) is 0.